The van der Waals surface area contributed by atoms with Crippen molar-refractivity contribution in [3.63, 3.8) is 0 Å². The number of nitrogens with two attached hydrogens (primary N) is 1. The maximum Gasteiger partial charge on any atom is 0.0747 e. The van der Waals surface area contributed by atoms with Crippen LogP contribution in [0.1, 0.15) is 47.5 Å². The van der Waals surface area contributed by atoms with Crippen molar-refractivity contribution in [2.45, 2.75) is 71.8 Å². The lowest BCUT2D eigenvalue weighted by Gasteiger charge is -2.38. The number of hydrogen-bond acceptors (Lipinski definition) is 3. The van der Waals surface area contributed by atoms with Crippen molar-refractivity contribution < 1.29 is 4.74 Å². The summed E-state index contributed by atoms with van der Waals surface area (Å²) in [6, 6.07) is 0.910. The lowest BCUT2D eigenvalue weighted by atomic mass is 10.0. The average molecular weight is 242 g/mol. The molecule has 2 N–H and O–H groups in total. The fourth-order valence-electron chi connectivity index (χ4n) is 2.77. The van der Waals surface area contributed by atoms with Crippen molar-refractivity contribution >= 4 is 0 Å². The molecule has 0 aromatic carbocycles. The summed E-state index contributed by atoms with van der Waals surface area (Å²) in [5.74, 6) is 0.672. The smallest absolute Gasteiger partial charge is 0.0747 e. The van der Waals surface area contributed by atoms with E-state index in [9.17, 15) is 0 Å². The molecule has 17 heavy (non-hydrogen) atoms. The van der Waals surface area contributed by atoms with Gasteiger partial charge in [0.2, 0.25) is 0 Å². The Morgan fingerprint density at radius 2 is 1.88 bits per heavy atom. The first-order valence-corrected chi connectivity index (χ1v) is 7.07. The quantitative estimate of drug-likeness (QED) is 0.776. The summed E-state index contributed by atoms with van der Waals surface area (Å²) in [6.45, 7) is 13.0. The molecular formula is C14H30N2O. The zero-order chi connectivity index (χ0) is 13.0. The van der Waals surface area contributed by atoms with E-state index in [1.165, 1.54) is 6.42 Å². The van der Waals surface area contributed by atoms with E-state index in [4.69, 9.17) is 10.5 Å². The Hall–Kier alpha value is -0.120. The Morgan fingerprint density at radius 3 is 2.24 bits per heavy atom. The molecule has 1 fully saturated rings. The van der Waals surface area contributed by atoms with E-state index in [1.54, 1.807) is 0 Å². The zero-order valence-corrected chi connectivity index (χ0v) is 12.1. The van der Waals surface area contributed by atoms with Gasteiger partial charge in [-0.15, -0.1) is 0 Å². The summed E-state index contributed by atoms with van der Waals surface area (Å²) in [7, 11) is 0. The molecule has 0 aromatic heterocycles. The van der Waals surface area contributed by atoms with E-state index >= 15 is 0 Å². The van der Waals surface area contributed by atoms with Crippen LogP contribution in [0.15, 0.2) is 0 Å². The Kier molecular flexibility index (Phi) is 5.90. The highest BCUT2D eigenvalue weighted by molar-refractivity contribution is 4.87. The summed E-state index contributed by atoms with van der Waals surface area (Å²) in [6.07, 6.45) is 3.07. The minimum absolute atomic E-state index is 0.330. The van der Waals surface area contributed by atoms with Crippen molar-refractivity contribution in [2.24, 2.45) is 11.7 Å². The van der Waals surface area contributed by atoms with Crippen LogP contribution >= 0.6 is 0 Å². The van der Waals surface area contributed by atoms with Crippen LogP contribution < -0.4 is 5.73 Å². The second-order valence-corrected chi connectivity index (χ2v) is 6.05. The van der Waals surface area contributed by atoms with Gasteiger partial charge in [-0.3, -0.25) is 4.90 Å². The first-order chi connectivity index (χ1) is 7.95. The van der Waals surface area contributed by atoms with Gasteiger partial charge in [0.05, 0.1) is 12.2 Å². The maximum atomic E-state index is 6.01. The van der Waals surface area contributed by atoms with Gasteiger partial charge in [-0.2, -0.15) is 0 Å². The molecule has 0 bridgehead atoms. The number of ether oxygens (including phenoxy) is 1. The van der Waals surface area contributed by atoms with Crippen LogP contribution in [0.5, 0.6) is 0 Å². The summed E-state index contributed by atoms with van der Waals surface area (Å²) in [5.41, 5.74) is 5.99. The first kappa shape index (κ1) is 14.9. The minimum atomic E-state index is 0.330. The van der Waals surface area contributed by atoms with Crippen molar-refractivity contribution in [3.05, 3.63) is 0 Å². The van der Waals surface area contributed by atoms with E-state index in [1.807, 2.05) is 0 Å². The summed E-state index contributed by atoms with van der Waals surface area (Å²) in [4.78, 5) is 2.52. The highest BCUT2D eigenvalue weighted by Crippen LogP contribution is 2.25. The average Bonchev–Trinajstić information content (AvgIpc) is 2.64. The third-order valence-corrected chi connectivity index (χ3v) is 3.60. The van der Waals surface area contributed by atoms with E-state index in [2.05, 4.69) is 39.5 Å². The highest BCUT2D eigenvalue weighted by Gasteiger charge is 2.33. The molecule has 102 valence electrons. The molecule has 3 heteroatoms. The van der Waals surface area contributed by atoms with Crippen LogP contribution in [0.4, 0.5) is 0 Å². The van der Waals surface area contributed by atoms with Crippen molar-refractivity contribution in [1.29, 1.82) is 0 Å². The Bertz CT molecular complexity index is 218. The lowest BCUT2D eigenvalue weighted by molar-refractivity contribution is -0.0170. The normalized spacial score (nSPS) is 27.4. The van der Waals surface area contributed by atoms with Gasteiger partial charge in [0, 0.05) is 25.2 Å². The molecule has 3 unspecified atom stereocenters. The van der Waals surface area contributed by atoms with Gasteiger partial charge in [0.25, 0.3) is 0 Å². The second-order valence-electron chi connectivity index (χ2n) is 6.05. The Labute approximate surface area is 107 Å². The van der Waals surface area contributed by atoms with Gasteiger partial charge < -0.3 is 10.5 Å². The predicted octanol–water partition coefficient (Wildman–Crippen LogP) is 2.25. The van der Waals surface area contributed by atoms with Gasteiger partial charge in [0.1, 0.15) is 0 Å². The molecule has 0 aliphatic carbocycles. The third-order valence-electron chi connectivity index (χ3n) is 3.60. The topological polar surface area (TPSA) is 38.5 Å². The van der Waals surface area contributed by atoms with Gasteiger partial charge in [-0.05, 0) is 39.5 Å². The van der Waals surface area contributed by atoms with Gasteiger partial charge in [-0.25, -0.2) is 0 Å². The SMILES string of the molecule is CC(C)CN(C(C)C)C(CN)C1CCC(C)O1. The lowest BCUT2D eigenvalue weighted by Crippen LogP contribution is -2.52. The molecule has 0 saturated carbocycles. The van der Waals surface area contributed by atoms with Crippen LogP contribution in [0.2, 0.25) is 0 Å². The molecule has 0 radical (unpaired) electrons. The molecular weight excluding hydrogens is 212 g/mol. The Morgan fingerprint density at radius 1 is 1.24 bits per heavy atom. The third kappa shape index (κ3) is 4.23. The van der Waals surface area contributed by atoms with Gasteiger partial charge in [0.15, 0.2) is 0 Å². The summed E-state index contributed by atoms with van der Waals surface area (Å²) in [5, 5.41) is 0. The van der Waals surface area contributed by atoms with Crippen molar-refractivity contribution in [1.82, 2.24) is 4.90 Å². The van der Waals surface area contributed by atoms with Crippen molar-refractivity contribution in [3.8, 4) is 0 Å². The van der Waals surface area contributed by atoms with Crippen LogP contribution in [0.3, 0.4) is 0 Å². The molecule has 1 rings (SSSR count). The van der Waals surface area contributed by atoms with Crippen LogP contribution in [0, 0.1) is 5.92 Å². The molecule has 0 amide bonds. The molecule has 0 aromatic rings. The molecule has 3 atom stereocenters. The van der Waals surface area contributed by atoms with E-state index in [0.717, 1.165) is 13.0 Å². The monoisotopic (exact) mass is 242 g/mol. The molecule has 0 spiro atoms. The maximum absolute atomic E-state index is 6.01. The number of rotatable bonds is 6. The first-order valence-electron chi connectivity index (χ1n) is 7.07. The Balaban J connectivity index is 2.67. The zero-order valence-electron chi connectivity index (χ0n) is 12.1. The molecule has 1 saturated heterocycles. The second kappa shape index (κ2) is 6.72. The summed E-state index contributed by atoms with van der Waals surface area (Å²) >= 11 is 0. The molecule has 1 heterocycles. The number of hydrogen-bond donors (Lipinski definition) is 1. The fraction of sp³-hybridized carbons (Fsp3) is 1.00. The summed E-state index contributed by atoms with van der Waals surface area (Å²) < 4.78 is 6.01. The van der Waals surface area contributed by atoms with Crippen LogP contribution in [0.25, 0.3) is 0 Å². The van der Waals surface area contributed by atoms with Gasteiger partial charge >= 0.3 is 0 Å². The number of nitrogens with zero attached hydrogens (tertiary/aromatic N) is 1. The van der Waals surface area contributed by atoms with E-state index in [-0.39, 0.29) is 0 Å². The van der Waals surface area contributed by atoms with Crippen molar-refractivity contribution in [2.75, 3.05) is 13.1 Å². The van der Waals surface area contributed by atoms with Gasteiger partial charge in [-0.1, -0.05) is 13.8 Å². The molecule has 1 aliphatic rings. The van der Waals surface area contributed by atoms with E-state index in [0.29, 0.717) is 36.8 Å². The standard InChI is InChI=1S/C14H30N2O/c1-10(2)9-16(11(3)4)13(8-15)14-7-6-12(5)17-14/h10-14H,6-9,15H2,1-5H3. The van der Waals surface area contributed by atoms with Crippen LogP contribution in [-0.4, -0.2) is 42.3 Å². The van der Waals surface area contributed by atoms with E-state index < -0.39 is 0 Å². The molecule has 3 nitrogen and oxygen atoms in total. The predicted molar refractivity (Wildman–Crippen MR) is 73.1 cm³/mol. The van der Waals surface area contributed by atoms with Crippen LogP contribution in [-0.2, 0) is 4.74 Å². The minimum Gasteiger partial charge on any atom is -0.374 e. The highest BCUT2D eigenvalue weighted by atomic mass is 16.5. The molecule has 1 aliphatic heterocycles. The largest absolute Gasteiger partial charge is 0.374 e. The fourth-order valence-corrected chi connectivity index (χ4v) is 2.77.